The zero-order valence-electron chi connectivity index (χ0n) is 18.7. The zero-order valence-corrected chi connectivity index (χ0v) is 21.1. The number of pyridine rings is 1. The summed E-state index contributed by atoms with van der Waals surface area (Å²) in [6.07, 6.45) is 7.03. The van der Waals surface area contributed by atoms with Gasteiger partial charge in [-0.15, -0.1) is 29.8 Å². The summed E-state index contributed by atoms with van der Waals surface area (Å²) in [5.74, 6) is -0.371. The van der Waals surface area contributed by atoms with Gasteiger partial charge in [-0.1, -0.05) is 36.8 Å². The van der Waals surface area contributed by atoms with Gasteiger partial charge in [-0.05, 0) is 47.7 Å². The predicted octanol–water partition coefficient (Wildman–Crippen LogP) is 6.86. The van der Waals surface area contributed by atoms with Gasteiger partial charge in [-0.2, -0.15) is 41.6 Å². The van der Waals surface area contributed by atoms with Gasteiger partial charge in [0, 0.05) is 18.6 Å². The van der Waals surface area contributed by atoms with Crippen molar-refractivity contribution in [1.29, 1.82) is 0 Å². The molecular weight excluding hydrogens is 602 g/mol. The van der Waals surface area contributed by atoms with Crippen LogP contribution in [0.3, 0.4) is 0 Å². The van der Waals surface area contributed by atoms with Crippen molar-refractivity contribution in [2.24, 2.45) is 0 Å². The second-order valence-corrected chi connectivity index (χ2v) is 8.05. The van der Waals surface area contributed by atoms with Gasteiger partial charge in [0.25, 0.3) is 0 Å². The van der Waals surface area contributed by atoms with Crippen molar-refractivity contribution in [3.63, 3.8) is 0 Å². The minimum Gasteiger partial charge on any atom is -0.668 e. The molecule has 1 unspecified atom stereocenters. The fourth-order valence-corrected chi connectivity index (χ4v) is 4.31. The molecule has 0 saturated carbocycles. The van der Waals surface area contributed by atoms with Crippen LogP contribution in [0.1, 0.15) is 22.9 Å². The molecule has 3 nitrogen and oxygen atoms in total. The van der Waals surface area contributed by atoms with Crippen LogP contribution in [0.2, 0.25) is 0 Å². The molecule has 2 aliphatic rings. The molecule has 0 N–H and O–H groups in total. The van der Waals surface area contributed by atoms with Gasteiger partial charge in [0.2, 0.25) is 0 Å². The normalized spacial score (nSPS) is 15.2. The Bertz CT molecular complexity index is 1290. The maximum Gasteiger partial charge on any atom is 3.00 e. The molecule has 0 spiro atoms. The van der Waals surface area contributed by atoms with E-state index in [0.29, 0.717) is 5.56 Å². The van der Waals surface area contributed by atoms with Crippen molar-refractivity contribution in [3.8, 4) is 22.4 Å². The van der Waals surface area contributed by atoms with Crippen molar-refractivity contribution < 1.29 is 24.5 Å². The van der Waals surface area contributed by atoms with Crippen LogP contribution in [0.5, 0.6) is 0 Å². The van der Waals surface area contributed by atoms with Gasteiger partial charge in [0.1, 0.15) is 0 Å². The van der Waals surface area contributed by atoms with Crippen molar-refractivity contribution in [3.05, 3.63) is 131 Å². The number of aromatic nitrogens is 1. The van der Waals surface area contributed by atoms with Crippen molar-refractivity contribution in [2.75, 3.05) is 6.54 Å². The van der Waals surface area contributed by atoms with Crippen LogP contribution in [0.25, 0.3) is 27.7 Å². The van der Waals surface area contributed by atoms with Gasteiger partial charge < -0.3 is 15.2 Å². The van der Waals surface area contributed by atoms with Crippen molar-refractivity contribution in [2.45, 2.75) is 19.5 Å². The summed E-state index contributed by atoms with van der Waals surface area (Å²) in [5, 5.41) is 4.41. The standard InChI is InChI=1S/C18H13FN.C11H10N2.Ir/c1-13-10-11-20-18(15-8-5-9-16(19)12-15)17(13)14-6-3-2-4-7-14;1-2-4-10-9(3-1)5-7-13-8-6-12-11(10)13;/h2-11H,1H3;1-3,6,8,11H,5,7H2;/q-1;-2;+3. The molecule has 0 aliphatic carbocycles. The summed E-state index contributed by atoms with van der Waals surface area (Å²) in [5.41, 5.74) is 7.29. The maximum atomic E-state index is 13.4. The number of nitrogens with zero attached hydrogens (tertiary/aromatic N) is 3. The summed E-state index contributed by atoms with van der Waals surface area (Å²) < 4.78 is 13.4. The van der Waals surface area contributed by atoms with Gasteiger partial charge in [-0.25, -0.2) is 4.39 Å². The van der Waals surface area contributed by atoms with Crippen molar-refractivity contribution >= 4 is 0 Å². The van der Waals surface area contributed by atoms with Crippen LogP contribution in [0.15, 0.2) is 91.4 Å². The molecular formula is C29H23FIrN3. The van der Waals surface area contributed by atoms with E-state index >= 15 is 0 Å². The summed E-state index contributed by atoms with van der Waals surface area (Å²) in [6, 6.07) is 29.1. The largest absolute Gasteiger partial charge is 3.00 e. The third kappa shape index (κ3) is 4.96. The molecule has 1 aromatic heterocycles. The Kier molecular flexibility index (Phi) is 7.56. The first kappa shape index (κ1) is 23.9. The van der Waals surface area contributed by atoms with Gasteiger partial charge in [-0.3, -0.25) is 0 Å². The van der Waals surface area contributed by atoms with E-state index in [2.05, 4.69) is 45.7 Å². The monoisotopic (exact) mass is 625 g/mol. The average Bonchev–Trinajstić information content (AvgIpc) is 3.34. The molecule has 1 atom stereocenters. The molecule has 4 aromatic rings. The second-order valence-electron chi connectivity index (χ2n) is 8.05. The molecule has 5 heteroatoms. The fourth-order valence-electron chi connectivity index (χ4n) is 4.31. The molecule has 34 heavy (non-hydrogen) atoms. The molecule has 0 radical (unpaired) electrons. The Morgan fingerprint density at radius 2 is 1.88 bits per heavy atom. The minimum absolute atomic E-state index is 0. The molecule has 0 bridgehead atoms. The fraction of sp³-hybridized carbons (Fsp3) is 0.138. The number of benzene rings is 3. The minimum atomic E-state index is -0.371. The van der Waals surface area contributed by atoms with Crippen LogP contribution in [0, 0.1) is 24.9 Å². The van der Waals surface area contributed by atoms with Crippen LogP contribution in [-0.2, 0) is 26.5 Å². The quantitative estimate of drug-likeness (QED) is 0.228. The van der Waals surface area contributed by atoms with E-state index < -0.39 is 0 Å². The molecule has 0 fully saturated rings. The zero-order chi connectivity index (χ0) is 22.6. The van der Waals surface area contributed by atoms with Crippen LogP contribution < -0.4 is 0 Å². The Hall–Kier alpha value is -3.27. The van der Waals surface area contributed by atoms with Gasteiger partial charge in [0.05, 0.1) is 0 Å². The summed E-state index contributed by atoms with van der Waals surface area (Å²) in [7, 11) is 0. The summed E-state index contributed by atoms with van der Waals surface area (Å²) in [4.78, 5) is 6.69. The molecule has 0 amide bonds. The first-order valence-electron chi connectivity index (χ1n) is 11.0. The Balaban J connectivity index is 0.000000169. The molecule has 2 aliphatic heterocycles. The number of hydrogen-bond acceptors (Lipinski definition) is 2. The van der Waals surface area contributed by atoms with Gasteiger partial charge in [0.15, 0.2) is 0 Å². The topological polar surface area (TPSA) is 30.2 Å². The molecule has 3 aromatic carbocycles. The van der Waals surface area contributed by atoms with Crippen LogP contribution in [0.4, 0.5) is 4.39 Å². The van der Waals surface area contributed by atoms with E-state index in [-0.39, 0.29) is 32.1 Å². The van der Waals surface area contributed by atoms with Crippen molar-refractivity contribution in [1.82, 2.24) is 9.88 Å². The Labute approximate surface area is 213 Å². The number of rotatable bonds is 2. The second kappa shape index (κ2) is 10.8. The number of halogens is 1. The number of fused-ring (bicyclic) bond motifs is 3. The number of hydrogen-bond donors (Lipinski definition) is 0. The third-order valence-electron chi connectivity index (χ3n) is 5.91. The van der Waals surface area contributed by atoms with Crippen LogP contribution in [-0.4, -0.2) is 16.4 Å². The first-order chi connectivity index (χ1) is 16.2. The van der Waals surface area contributed by atoms with E-state index in [1.165, 1.54) is 17.2 Å². The number of aryl methyl sites for hydroxylation is 1. The molecule has 0 saturated heterocycles. The SMILES string of the molecule is Cc1ccnc(-c2[c-]c(F)ccc2)c1-c1ccccc1.[Ir+3].[c-]1cccc2c1C1[N-]C=CN1CC2. The predicted molar refractivity (Wildman–Crippen MR) is 130 cm³/mol. The van der Waals surface area contributed by atoms with Gasteiger partial charge >= 0.3 is 20.1 Å². The van der Waals surface area contributed by atoms with E-state index in [1.54, 1.807) is 12.3 Å². The van der Waals surface area contributed by atoms with E-state index in [9.17, 15) is 4.39 Å². The Morgan fingerprint density at radius 1 is 1.03 bits per heavy atom. The van der Waals surface area contributed by atoms with E-state index in [4.69, 9.17) is 0 Å². The van der Waals surface area contributed by atoms with E-state index in [0.717, 1.165) is 35.3 Å². The summed E-state index contributed by atoms with van der Waals surface area (Å²) >= 11 is 0. The summed E-state index contributed by atoms with van der Waals surface area (Å²) in [6.45, 7) is 3.11. The first-order valence-corrected chi connectivity index (χ1v) is 11.0. The Morgan fingerprint density at radius 3 is 2.71 bits per heavy atom. The molecule has 170 valence electrons. The smallest absolute Gasteiger partial charge is 0.668 e. The molecule has 3 heterocycles. The molecule has 6 rings (SSSR count). The van der Waals surface area contributed by atoms with Crippen LogP contribution >= 0.6 is 0 Å². The third-order valence-corrected chi connectivity index (χ3v) is 5.91. The maximum absolute atomic E-state index is 13.4. The average molecular weight is 625 g/mol. The van der Waals surface area contributed by atoms with E-state index in [1.807, 2.05) is 61.7 Å².